The predicted octanol–water partition coefficient (Wildman–Crippen LogP) is 4.45. The molecule has 0 aliphatic heterocycles. The highest BCUT2D eigenvalue weighted by molar-refractivity contribution is 9.10. The molecule has 0 bridgehead atoms. The van der Waals surface area contributed by atoms with E-state index in [4.69, 9.17) is 16.3 Å². The zero-order chi connectivity index (χ0) is 13.1. The van der Waals surface area contributed by atoms with Gasteiger partial charge >= 0.3 is 0 Å². The lowest BCUT2D eigenvalue weighted by Gasteiger charge is -2.15. The number of thiophene rings is 1. The molecule has 1 unspecified atom stereocenters. The second-order valence-corrected chi connectivity index (χ2v) is 6.13. The van der Waals surface area contributed by atoms with Crippen molar-refractivity contribution in [3.8, 4) is 5.75 Å². The van der Waals surface area contributed by atoms with Crippen molar-refractivity contribution in [2.45, 2.75) is 12.5 Å². The van der Waals surface area contributed by atoms with Gasteiger partial charge in [-0.2, -0.15) is 0 Å². The first-order valence-electron chi connectivity index (χ1n) is 5.35. The van der Waals surface area contributed by atoms with Gasteiger partial charge in [0.1, 0.15) is 5.75 Å². The van der Waals surface area contributed by atoms with Crippen LogP contribution in [0.5, 0.6) is 5.75 Å². The Morgan fingerprint density at radius 3 is 2.89 bits per heavy atom. The van der Waals surface area contributed by atoms with Gasteiger partial charge in [0.25, 0.3) is 0 Å². The molecular weight excluding hydrogens is 336 g/mol. The molecule has 18 heavy (non-hydrogen) atoms. The maximum absolute atomic E-state index is 10.3. The summed E-state index contributed by atoms with van der Waals surface area (Å²) in [6, 6.07) is 7.36. The van der Waals surface area contributed by atoms with E-state index in [1.807, 2.05) is 11.4 Å². The molecule has 2 nitrogen and oxygen atoms in total. The number of hydrogen-bond donors (Lipinski definition) is 1. The Balaban J connectivity index is 2.25. The summed E-state index contributed by atoms with van der Waals surface area (Å²) in [6.07, 6.45) is -0.143. The van der Waals surface area contributed by atoms with Crippen LogP contribution in [0.1, 0.15) is 16.5 Å². The number of benzene rings is 1. The fraction of sp³-hybridized carbons (Fsp3) is 0.231. The Bertz CT molecular complexity index is 542. The van der Waals surface area contributed by atoms with E-state index in [1.54, 1.807) is 36.6 Å². The van der Waals surface area contributed by atoms with Gasteiger partial charge in [0, 0.05) is 26.7 Å². The highest BCUT2D eigenvalue weighted by Gasteiger charge is 2.18. The minimum absolute atomic E-state index is 0.524. The van der Waals surface area contributed by atoms with Crippen LogP contribution in [0, 0.1) is 0 Å². The molecule has 1 N–H and O–H groups in total. The van der Waals surface area contributed by atoms with Crippen LogP contribution in [0.4, 0.5) is 0 Å². The van der Waals surface area contributed by atoms with E-state index >= 15 is 0 Å². The molecule has 1 atom stereocenters. The van der Waals surface area contributed by atoms with Gasteiger partial charge in [0.05, 0.1) is 18.2 Å². The first kappa shape index (κ1) is 13.9. The van der Waals surface area contributed by atoms with Crippen LogP contribution in [0.3, 0.4) is 0 Å². The van der Waals surface area contributed by atoms with Crippen molar-refractivity contribution in [2.24, 2.45) is 0 Å². The summed E-state index contributed by atoms with van der Waals surface area (Å²) in [7, 11) is 1.57. The van der Waals surface area contributed by atoms with Crippen LogP contribution in [-0.2, 0) is 6.42 Å². The van der Waals surface area contributed by atoms with E-state index in [1.165, 1.54) is 0 Å². The number of aliphatic hydroxyl groups is 1. The van der Waals surface area contributed by atoms with Gasteiger partial charge in [0.2, 0.25) is 0 Å². The molecule has 1 heterocycles. The molecule has 96 valence electrons. The molecule has 1 aromatic heterocycles. The lowest BCUT2D eigenvalue weighted by Crippen LogP contribution is -2.04. The molecule has 0 spiro atoms. The van der Waals surface area contributed by atoms with Crippen molar-refractivity contribution < 1.29 is 9.84 Å². The van der Waals surface area contributed by atoms with Crippen molar-refractivity contribution in [3.05, 3.63) is 49.6 Å². The molecule has 5 heteroatoms. The average molecular weight is 348 g/mol. The van der Waals surface area contributed by atoms with Gasteiger partial charge in [-0.15, -0.1) is 11.3 Å². The average Bonchev–Trinajstić information content (AvgIpc) is 2.74. The first-order valence-corrected chi connectivity index (χ1v) is 7.40. The third-order valence-corrected chi connectivity index (χ3v) is 4.63. The molecule has 1 aromatic carbocycles. The van der Waals surface area contributed by atoms with Gasteiger partial charge in [-0.25, -0.2) is 0 Å². The van der Waals surface area contributed by atoms with Gasteiger partial charge in [0.15, 0.2) is 0 Å². The standard InChI is InChI=1S/C13H12BrClO2S/c1-17-12-4-2-3-10(15)13(12)11(16)6-9-5-8(14)7-18-9/h2-5,7,11,16H,6H2,1H3. The van der Waals surface area contributed by atoms with E-state index in [-0.39, 0.29) is 0 Å². The molecule has 2 aromatic rings. The summed E-state index contributed by atoms with van der Waals surface area (Å²) < 4.78 is 6.27. The van der Waals surface area contributed by atoms with E-state index in [0.29, 0.717) is 22.8 Å². The molecule has 0 radical (unpaired) electrons. The van der Waals surface area contributed by atoms with E-state index in [2.05, 4.69) is 15.9 Å². The number of rotatable bonds is 4. The number of aliphatic hydroxyl groups excluding tert-OH is 1. The maximum atomic E-state index is 10.3. The van der Waals surface area contributed by atoms with Gasteiger partial charge in [-0.3, -0.25) is 0 Å². The molecule has 0 saturated carbocycles. The van der Waals surface area contributed by atoms with E-state index in [9.17, 15) is 5.11 Å². The zero-order valence-electron chi connectivity index (χ0n) is 9.69. The van der Waals surface area contributed by atoms with Crippen LogP contribution in [0.25, 0.3) is 0 Å². The van der Waals surface area contributed by atoms with Crippen LogP contribution in [0.15, 0.2) is 34.1 Å². The van der Waals surface area contributed by atoms with E-state index < -0.39 is 6.10 Å². The molecular formula is C13H12BrClO2S. The monoisotopic (exact) mass is 346 g/mol. The third kappa shape index (κ3) is 3.06. The SMILES string of the molecule is COc1cccc(Cl)c1C(O)Cc1cc(Br)cs1. The summed E-state index contributed by atoms with van der Waals surface area (Å²) in [5.41, 5.74) is 0.645. The van der Waals surface area contributed by atoms with Crippen molar-refractivity contribution in [1.82, 2.24) is 0 Å². The van der Waals surface area contributed by atoms with Crippen LogP contribution < -0.4 is 4.74 Å². The molecule has 2 rings (SSSR count). The Hall–Kier alpha value is -0.550. The summed E-state index contributed by atoms with van der Waals surface area (Å²) in [5, 5.41) is 12.8. The minimum Gasteiger partial charge on any atom is -0.496 e. The highest BCUT2D eigenvalue weighted by atomic mass is 79.9. The maximum Gasteiger partial charge on any atom is 0.126 e. The Labute approximate surface area is 123 Å². The Morgan fingerprint density at radius 2 is 2.28 bits per heavy atom. The van der Waals surface area contributed by atoms with E-state index in [0.717, 1.165) is 9.35 Å². The Morgan fingerprint density at radius 1 is 1.50 bits per heavy atom. The molecule has 0 aliphatic rings. The first-order chi connectivity index (χ1) is 8.61. The third-order valence-electron chi connectivity index (χ3n) is 2.58. The van der Waals surface area contributed by atoms with Gasteiger partial charge < -0.3 is 9.84 Å². The summed E-state index contributed by atoms with van der Waals surface area (Å²) >= 11 is 11.1. The van der Waals surface area contributed by atoms with Crippen molar-refractivity contribution in [2.75, 3.05) is 7.11 Å². The van der Waals surface area contributed by atoms with Crippen molar-refractivity contribution in [3.63, 3.8) is 0 Å². The second-order valence-electron chi connectivity index (χ2n) is 3.81. The smallest absolute Gasteiger partial charge is 0.126 e. The topological polar surface area (TPSA) is 29.5 Å². The summed E-state index contributed by atoms with van der Waals surface area (Å²) in [5.74, 6) is 0.616. The fourth-order valence-electron chi connectivity index (χ4n) is 1.77. The lowest BCUT2D eigenvalue weighted by molar-refractivity contribution is 0.175. The van der Waals surface area contributed by atoms with Gasteiger partial charge in [-0.1, -0.05) is 17.7 Å². The zero-order valence-corrected chi connectivity index (χ0v) is 12.8. The molecule has 0 fully saturated rings. The quantitative estimate of drug-likeness (QED) is 0.885. The lowest BCUT2D eigenvalue weighted by atomic mass is 10.0. The molecule has 0 aliphatic carbocycles. The minimum atomic E-state index is -0.667. The number of hydrogen-bond acceptors (Lipinski definition) is 3. The van der Waals surface area contributed by atoms with Crippen LogP contribution >= 0.6 is 38.9 Å². The Kier molecular flexibility index (Phi) is 4.67. The highest BCUT2D eigenvalue weighted by Crippen LogP contribution is 2.35. The van der Waals surface area contributed by atoms with Crippen molar-refractivity contribution in [1.29, 1.82) is 0 Å². The molecule has 0 saturated heterocycles. The van der Waals surface area contributed by atoms with Crippen LogP contribution in [-0.4, -0.2) is 12.2 Å². The summed E-state index contributed by atoms with van der Waals surface area (Å²) in [4.78, 5) is 1.09. The molecule has 0 amide bonds. The normalized spacial score (nSPS) is 12.4. The summed E-state index contributed by atoms with van der Waals surface area (Å²) in [6.45, 7) is 0. The van der Waals surface area contributed by atoms with Gasteiger partial charge in [-0.05, 0) is 34.1 Å². The number of methoxy groups -OCH3 is 1. The fourth-order valence-corrected chi connectivity index (χ4v) is 3.55. The van der Waals surface area contributed by atoms with Crippen LogP contribution in [0.2, 0.25) is 5.02 Å². The number of halogens is 2. The second kappa shape index (κ2) is 6.06. The largest absolute Gasteiger partial charge is 0.496 e. The predicted molar refractivity (Wildman–Crippen MR) is 78.7 cm³/mol. The number of ether oxygens (including phenoxy) is 1. The van der Waals surface area contributed by atoms with Crippen molar-refractivity contribution >= 4 is 38.9 Å².